The van der Waals surface area contributed by atoms with Crippen LogP contribution in [0, 0.1) is 5.92 Å². The van der Waals surface area contributed by atoms with Crippen molar-refractivity contribution in [3.8, 4) is 11.5 Å². The molecule has 0 unspecified atom stereocenters. The number of fused-ring (bicyclic) bond motifs is 2. The molecule has 0 radical (unpaired) electrons. The number of para-hydroxylation sites is 2. The summed E-state index contributed by atoms with van der Waals surface area (Å²) in [6.07, 6.45) is 1.01. The lowest BCUT2D eigenvalue weighted by Gasteiger charge is -2.25. The first-order valence-corrected chi connectivity index (χ1v) is 10.2. The van der Waals surface area contributed by atoms with Crippen molar-refractivity contribution in [2.75, 3.05) is 13.3 Å². The highest BCUT2D eigenvalue weighted by Gasteiger charge is 2.23. The molecule has 152 valence electrons. The quantitative estimate of drug-likeness (QED) is 0.594. The smallest absolute Gasteiger partial charge is 0.254 e. The van der Waals surface area contributed by atoms with E-state index in [2.05, 4.69) is 31.4 Å². The van der Waals surface area contributed by atoms with Crippen molar-refractivity contribution in [1.29, 1.82) is 0 Å². The van der Waals surface area contributed by atoms with Crippen LogP contribution in [-0.2, 0) is 13.1 Å². The molecule has 3 aromatic rings. The molecular weight excluding hydrogens is 366 g/mol. The number of amides is 1. The highest BCUT2D eigenvalue weighted by atomic mass is 16.7. The van der Waals surface area contributed by atoms with E-state index in [4.69, 9.17) is 14.5 Å². The molecule has 0 fully saturated rings. The monoisotopic (exact) mass is 393 g/mol. The van der Waals surface area contributed by atoms with Crippen LogP contribution < -0.4 is 9.47 Å². The van der Waals surface area contributed by atoms with Crippen molar-refractivity contribution in [3.05, 3.63) is 53.9 Å². The summed E-state index contributed by atoms with van der Waals surface area (Å²) in [6.45, 7) is 8.60. The second kappa shape index (κ2) is 8.15. The maximum absolute atomic E-state index is 13.4. The zero-order valence-corrected chi connectivity index (χ0v) is 17.2. The number of hydrogen-bond donors (Lipinski definition) is 0. The normalized spacial score (nSPS) is 12.7. The van der Waals surface area contributed by atoms with Gasteiger partial charge in [0.1, 0.15) is 5.82 Å². The summed E-state index contributed by atoms with van der Waals surface area (Å²) >= 11 is 0. The Kier molecular flexibility index (Phi) is 5.43. The second-order valence-corrected chi connectivity index (χ2v) is 7.82. The minimum atomic E-state index is -0.0212. The van der Waals surface area contributed by atoms with Crippen LogP contribution in [0.25, 0.3) is 11.0 Å². The maximum Gasteiger partial charge on any atom is 0.254 e. The Hall–Kier alpha value is -3.02. The molecule has 0 spiro atoms. The van der Waals surface area contributed by atoms with Gasteiger partial charge in [0, 0.05) is 18.7 Å². The third-order valence-corrected chi connectivity index (χ3v) is 5.01. The Labute approximate surface area is 171 Å². The van der Waals surface area contributed by atoms with Crippen molar-refractivity contribution in [3.63, 3.8) is 0 Å². The van der Waals surface area contributed by atoms with Gasteiger partial charge in [-0.1, -0.05) is 32.9 Å². The summed E-state index contributed by atoms with van der Waals surface area (Å²) in [5.74, 6) is 2.55. The van der Waals surface area contributed by atoms with E-state index in [1.165, 1.54) is 0 Å². The van der Waals surface area contributed by atoms with E-state index in [-0.39, 0.29) is 12.7 Å². The minimum absolute atomic E-state index is 0.0212. The van der Waals surface area contributed by atoms with Crippen molar-refractivity contribution in [2.45, 2.75) is 40.3 Å². The third-order valence-electron chi connectivity index (χ3n) is 5.01. The van der Waals surface area contributed by atoms with Crippen molar-refractivity contribution in [1.82, 2.24) is 14.5 Å². The predicted octanol–water partition coefficient (Wildman–Crippen LogP) is 4.47. The van der Waals surface area contributed by atoms with Gasteiger partial charge in [-0.15, -0.1) is 0 Å². The molecule has 29 heavy (non-hydrogen) atoms. The molecule has 1 aromatic heterocycles. The molecule has 0 N–H and O–H groups in total. The zero-order valence-electron chi connectivity index (χ0n) is 17.2. The highest BCUT2D eigenvalue weighted by molar-refractivity contribution is 5.95. The van der Waals surface area contributed by atoms with Gasteiger partial charge in [-0.05, 0) is 42.7 Å². The minimum Gasteiger partial charge on any atom is -0.454 e. The fourth-order valence-electron chi connectivity index (χ4n) is 3.76. The number of ether oxygens (including phenoxy) is 2. The number of nitrogens with zero attached hydrogens (tertiary/aromatic N) is 3. The van der Waals surface area contributed by atoms with Crippen molar-refractivity contribution >= 4 is 16.9 Å². The molecule has 0 bridgehead atoms. The summed E-state index contributed by atoms with van der Waals surface area (Å²) in [4.78, 5) is 20.1. The fraction of sp³-hybridized carbons (Fsp3) is 0.391. The van der Waals surface area contributed by atoms with Gasteiger partial charge in [-0.2, -0.15) is 0 Å². The second-order valence-electron chi connectivity index (χ2n) is 7.82. The lowest BCUT2D eigenvalue weighted by molar-refractivity contribution is 0.0716. The largest absolute Gasteiger partial charge is 0.454 e. The molecule has 1 aliphatic heterocycles. The average Bonchev–Trinajstić information content (AvgIpc) is 3.31. The van der Waals surface area contributed by atoms with Gasteiger partial charge < -0.3 is 18.9 Å². The van der Waals surface area contributed by atoms with Crippen LogP contribution >= 0.6 is 0 Å². The topological polar surface area (TPSA) is 56.6 Å². The van der Waals surface area contributed by atoms with Crippen LogP contribution in [0.3, 0.4) is 0 Å². The van der Waals surface area contributed by atoms with Gasteiger partial charge in [0.15, 0.2) is 11.5 Å². The number of carbonyl (C=O) groups is 1. The SMILES string of the molecule is CCCn1c(CN(CC(C)C)C(=O)c2ccc3c(c2)OCO3)nc2ccccc21. The average molecular weight is 393 g/mol. The first-order valence-electron chi connectivity index (χ1n) is 10.2. The Morgan fingerprint density at radius 2 is 1.97 bits per heavy atom. The third kappa shape index (κ3) is 3.92. The Morgan fingerprint density at radius 1 is 1.17 bits per heavy atom. The Balaban J connectivity index is 1.66. The fourth-order valence-corrected chi connectivity index (χ4v) is 3.76. The van der Waals surface area contributed by atoms with Crippen LogP contribution in [0.15, 0.2) is 42.5 Å². The van der Waals surface area contributed by atoms with Crippen LogP contribution in [-0.4, -0.2) is 33.7 Å². The summed E-state index contributed by atoms with van der Waals surface area (Å²) in [5.41, 5.74) is 2.69. The van der Waals surface area contributed by atoms with E-state index in [9.17, 15) is 4.79 Å². The van der Waals surface area contributed by atoms with Crippen molar-refractivity contribution in [2.24, 2.45) is 5.92 Å². The molecule has 0 saturated heterocycles. The lowest BCUT2D eigenvalue weighted by Crippen LogP contribution is -2.34. The molecule has 6 heteroatoms. The molecule has 6 nitrogen and oxygen atoms in total. The van der Waals surface area contributed by atoms with E-state index in [0.717, 1.165) is 29.8 Å². The number of aromatic nitrogens is 2. The number of hydrogen-bond acceptors (Lipinski definition) is 4. The van der Waals surface area contributed by atoms with Gasteiger partial charge in [-0.3, -0.25) is 4.79 Å². The highest BCUT2D eigenvalue weighted by Crippen LogP contribution is 2.33. The van der Waals surface area contributed by atoms with E-state index in [1.54, 1.807) is 18.2 Å². The van der Waals surface area contributed by atoms with Crippen molar-refractivity contribution < 1.29 is 14.3 Å². The molecular formula is C23H27N3O3. The lowest BCUT2D eigenvalue weighted by atomic mass is 10.1. The molecule has 1 amide bonds. The van der Waals surface area contributed by atoms with Gasteiger partial charge in [0.25, 0.3) is 5.91 Å². The number of benzene rings is 2. The van der Waals surface area contributed by atoms with Gasteiger partial charge in [0.2, 0.25) is 6.79 Å². The molecule has 4 rings (SSSR count). The number of carbonyl (C=O) groups excluding carboxylic acids is 1. The Morgan fingerprint density at radius 3 is 2.76 bits per heavy atom. The summed E-state index contributed by atoms with van der Waals surface area (Å²) < 4.78 is 13.1. The zero-order chi connectivity index (χ0) is 20.4. The predicted molar refractivity (Wildman–Crippen MR) is 112 cm³/mol. The van der Waals surface area contributed by atoms with Crippen LogP contribution in [0.5, 0.6) is 11.5 Å². The summed E-state index contributed by atoms with van der Waals surface area (Å²) in [5, 5.41) is 0. The van der Waals surface area contributed by atoms with E-state index in [0.29, 0.717) is 36.1 Å². The van der Waals surface area contributed by atoms with E-state index < -0.39 is 0 Å². The summed E-state index contributed by atoms with van der Waals surface area (Å²) in [6, 6.07) is 13.5. The van der Waals surface area contributed by atoms with Gasteiger partial charge in [0.05, 0.1) is 17.6 Å². The van der Waals surface area contributed by atoms with Gasteiger partial charge >= 0.3 is 0 Å². The molecule has 2 aromatic carbocycles. The first kappa shape index (κ1) is 19.3. The maximum atomic E-state index is 13.4. The molecule has 0 atom stereocenters. The van der Waals surface area contributed by atoms with Crippen LogP contribution in [0.4, 0.5) is 0 Å². The van der Waals surface area contributed by atoms with Crippen LogP contribution in [0.2, 0.25) is 0 Å². The van der Waals surface area contributed by atoms with E-state index in [1.807, 2.05) is 23.1 Å². The Bertz CT molecular complexity index is 1030. The number of imidazole rings is 1. The number of rotatable bonds is 7. The summed E-state index contributed by atoms with van der Waals surface area (Å²) in [7, 11) is 0. The number of aryl methyl sites for hydroxylation is 1. The molecule has 0 aliphatic carbocycles. The molecule has 0 saturated carbocycles. The van der Waals surface area contributed by atoms with E-state index >= 15 is 0 Å². The standard InChI is InChI=1S/C23H27N3O3/c1-4-11-26-19-8-6-5-7-18(19)24-22(26)14-25(13-16(2)3)23(27)17-9-10-20-21(12-17)29-15-28-20/h5-10,12,16H,4,11,13-15H2,1-3H3. The molecule has 1 aliphatic rings. The van der Waals surface area contributed by atoms with Gasteiger partial charge in [-0.25, -0.2) is 4.98 Å². The van der Waals surface area contributed by atoms with Crippen LogP contribution in [0.1, 0.15) is 43.4 Å². The molecule has 2 heterocycles. The first-order chi connectivity index (χ1) is 14.1.